The summed E-state index contributed by atoms with van der Waals surface area (Å²) in [6.45, 7) is 11.7. The van der Waals surface area contributed by atoms with Crippen LogP contribution in [0, 0.1) is 0 Å². The standard InChI is InChI=1S/C11H26O4Si2/c1-5-9-12-17(13-10-6-2,14-11-7-3)15-16-8-4/h8H,4-7,9-11,16H2,1-3H3. The monoisotopic (exact) mass is 278 g/mol. The third-order valence-corrected chi connectivity index (χ3v) is 5.82. The molecule has 0 aromatic rings. The van der Waals surface area contributed by atoms with Gasteiger partial charge >= 0.3 is 9.05 Å². The van der Waals surface area contributed by atoms with E-state index in [1.165, 1.54) is 0 Å². The molecule has 0 aromatic heterocycles. The van der Waals surface area contributed by atoms with Gasteiger partial charge in [-0.15, -0.1) is 6.58 Å². The van der Waals surface area contributed by atoms with E-state index in [-0.39, 0.29) is 0 Å². The van der Waals surface area contributed by atoms with E-state index >= 15 is 0 Å². The molecule has 0 saturated carbocycles. The van der Waals surface area contributed by atoms with E-state index in [9.17, 15) is 0 Å². The molecule has 6 heteroatoms. The highest BCUT2D eigenvalue weighted by atomic mass is 28.4. The normalized spacial score (nSPS) is 12.4. The third kappa shape index (κ3) is 7.85. The lowest BCUT2D eigenvalue weighted by atomic mass is 10.5. The summed E-state index contributed by atoms with van der Waals surface area (Å²) in [5.74, 6) is 0. The Bertz CT molecular complexity index is 169. The summed E-state index contributed by atoms with van der Waals surface area (Å²) >= 11 is 0. The Morgan fingerprint density at radius 3 is 1.65 bits per heavy atom. The van der Waals surface area contributed by atoms with Crippen LogP contribution in [0.1, 0.15) is 40.0 Å². The average molecular weight is 278 g/mol. The average Bonchev–Trinajstić information content (AvgIpc) is 2.37. The molecule has 4 nitrogen and oxygen atoms in total. The van der Waals surface area contributed by atoms with E-state index in [1.807, 2.05) is 5.70 Å². The van der Waals surface area contributed by atoms with Crippen molar-refractivity contribution in [3.63, 3.8) is 0 Å². The van der Waals surface area contributed by atoms with Gasteiger partial charge in [-0.2, -0.15) is 0 Å². The van der Waals surface area contributed by atoms with Gasteiger partial charge in [0.15, 0.2) is 9.76 Å². The van der Waals surface area contributed by atoms with Crippen molar-refractivity contribution in [3.8, 4) is 0 Å². The van der Waals surface area contributed by atoms with Crippen LogP contribution in [0.3, 0.4) is 0 Å². The summed E-state index contributed by atoms with van der Waals surface area (Å²) in [6, 6.07) is 0. The highest BCUT2D eigenvalue weighted by Gasteiger charge is 2.44. The van der Waals surface area contributed by atoms with Gasteiger partial charge in [-0.25, -0.2) is 0 Å². The maximum atomic E-state index is 5.78. The molecule has 0 spiro atoms. The minimum Gasteiger partial charge on any atom is -0.396 e. The lowest BCUT2D eigenvalue weighted by Crippen LogP contribution is -2.50. The number of hydrogen-bond donors (Lipinski definition) is 0. The van der Waals surface area contributed by atoms with E-state index in [1.54, 1.807) is 0 Å². The van der Waals surface area contributed by atoms with Crippen LogP contribution < -0.4 is 0 Å². The number of rotatable bonds is 12. The molecule has 0 amide bonds. The van der Waals surface area contributed by atoms with Crippen LogP contribution in [0.4, 0.5) is 0 Å². The zero-order valence-electron chi connectivity index (χ0n) is 11.4. The third-order valence-electron chi connectivity index (χ3n) is 1.83. The minimum absolute atomic E-state index is 0.616. The zero-order chi connectivity index (χ0) is 13.0. The highest BCUT2D eigenvalue weighted by Crippen LogP contribution is 2.13. The van der Waals surface area contributed by atoms with Crippen LogP contribution in [-0.2, 0) is 17.4 Å². The van der Waals surface area contributed by atoms with Crippen molar-refractivity contribution in [2.75, 3.05) is 19.8 Å². The van der Waals surface area contributed by atoms with Crippen LogP contribution in [0.2, 0.25) is 0 Å². The molecular formula is C11H26O4Si2. The van der Waals surface area contributed by atoms with Crippen molar-refractivity contribution in [2.24, 2.45) is 0 Å². The zero-order valence-corrected chi connectivity index (χ0v) is 13.8. The van der Waals surface area contributed by atoms with Gasteiger partial charge in [0.1, 0.15) is 0 Å². The molecule has 0 aromatic carbocycles. The second-order valence-corrected chi connectivity index (χ2v) is 7.58. The smallest absolute Gasteiger partial charge is 0.396 e. The summed E-state index contributed by atoms with van der Waals surface area (Å²) in [5, 5.41) is 0. The van der Waals surface area contributed by atoms with E-state index in [4.69, 9.17) is 17.4 Å². The Morgan fingerprint density at radius 1 is 0.941 bits per heavy atom. The lowest BCUT2D eigenvalue weighted by molar-refractivity contribution is 0.00171. The lowest BCUT2D eigenvalue weighted by Gasteiger charge is -2.27. The van der Waals surface area contributed by atoms with E-state index in [0.717, 1.165) is 19.3 Å². The fraction of sp³-hybridized carbons (Fsp3) is 0.818. The molecule has 0 atom stereocenters. The second kappa shape index (κ2) is 11.1. The van der Waals surface area contributed by atoms with Crippen LogP contribution >= 0.6 is 0 Å². The molecule has 0 rings (SSSR count). The van der Waals surface area contributed by atoms with Gasteiger partial charge in [-0.1, -0.05) is 26.5 Å². The first-order valence-electron chi connectivity index (χ1n) is 6.41. The SMILES string of the molecule is C=C[SiH2]O[Si](OCCC)(OCCC)OCCC. The molecule has 0 radical (unpaired) electrons. The highest BCUT2D eigenvalue weighted by molar-refractivity contribution is 6.61. The van der Waals surface area contributed by atoms with Gasteiger partial charge in [0, 0.05) is 19.8 Å². The van der Waals surface area contributed by atoms with Gasteiger partial charge in [-0.05, 0) is 19.3 Å². The number of hydrogen-bond acceptors (Lipinski definition) is 4. The van der Waals surface area contributed by atoms with E-state index in [0.29, 0.717) is 19.8 Å². The Hall–Kier alpha value is 0.0138. The van der Waals surface area contributed by atoms with Crippen LogP contribution in [0.15, 0.2) is 12.3 Å². The van der Waals surface area contributed by atoms with Gasteiger partial charge < -0.3 is 17.4 Å². The molecular weight excluding hydrogens is 252 g/mol. The summed E-state index contributed by atoms with van der Waals surface area (Å²) < 4.78 is 23.0. The van der Waals surface area contributed by atoms with Gasteiger partial charge in [0.2, 0.25) is 0 Å². The molecule has 0 aliphatic heterocycles. The molecule has 0 heterocycles. The van der Waals surface area contributed by atoms with Crippen molar-refractivity contribution in [2.45, 2.75) is 40.0 Å². The van der Waals surface area contributed by atoms with Crippen molar-refractivity contribution >= 4 is 18.8 Å². The predicted molar refractivity (Wildman–Crippen MR) is 74.3 cm³/mol. The largest absolute Gasteiger partial charge is 0.668 e. The molecule has 0 bridgehead atoms. The molecule has 17 heavy (non-hydrogen) atoms. The summed E-state index contributed by atoms with van der Waals surface area (Å²) in [5.41, 5.74) is 1.82. The molecule has 0 fully saturated rings. The summed E-state index contributed by atoms with van der Waals surface area (Å²) in [6.07, 6.45) is 2.79. The summed E-state index contributed by atoms with van der Waals surface area (Å²) in [7, 11) is -3.70. The Balaban J connectivity index is 4.44. The maximum absolute atomic E-state index is 5.78. The van der Waals surface area contributed by atoms with E-state index in [2.05, 4.69) is 27.4 Å². The van der Waals surface area contributed by atoms with Crippen molar-refractivity contribution in [1.29, 1.82) is 0 Å². The minimum atomic E-state index is -2.89. The molecule has 0 unspecified atom stereocenters. The molecule has 0 aliphatic carbocycles. The van der Waals surface area contributed by atoms with E-state index < -0.39 is 18.8 Å². The predicted octanol–water partition coefficient (Wildman–Crippen LogP) is 1.95. The first kappa shape index (κ1) is 17.0. The maximum Gasteiger partial charge on any atom is 0.668 e. The fourth-order valence-electron chi connectivity index (χ4n) is 1.09. The van der Waals surface area contributed by atoms with Crippen LogP contribution in [0.5, 0.6) is 0 Å². The van der Waals surface area contributed by atoms with Gasteiger partial charge in [0.05, 0.1) is 0 Å². The summed E-state index contributed by atoms with van der Waals surface area (Å²) in [4.78, 5) is 0. The first-order chi connectivity index (χ1) is 8.24. The van der Waals surface area contributed by atoms with Crippen LogP contribution in [0.25, 0.3) is 0 Å². The van der Waals surface area contributed by atoms with Crippen LogP contribution in [-0.4, -0.2) is 38.6 Å². The molecule has 0 saturated heterocycles. The molecule has 102 valence electrons. The van der Waals surface area contributed by atoms with Crippen molar-refractivity contribution < 1.29 is 17.4 Å². The van der Waals surface area contributed by atoms with Gasteiger partial charge in [0.25, 0.3) is 0 Å². The van der Waals surface area contributed by atoms with Crippen molar-refractivity contribution in [1.82, 2.24) is 0 Å². The van der Waals surface area contributed by atoms with Crippen molar-refractivity contribution in [3.05, 3.63) is 12.3 Å². The Morgan fingerprint density at radius 2 is 1.35 bits per heavy atom. The Labute approximate surface area is 109 Å². The fourth-order valence-corrected chi connectivity index (χ4v) is 4.99. The second-order valence-electron chi connectivity index (χ2n) is 3.65. The quantitative estimate of drug-likeness (QED) is 0.511. The van der Waals surface area contributed by atoms with Gasteiger partial charge in [-0.3, -0.25) is 0 Å². The first-order valence-corrected chi connectivity index (χ1v) is 9.44. The molecule has 0 aliphatic rings. The molecule has 0 N–H and O–H groups in total. The topological polar surface area (TPSA) is 36.9 Å². The Kier molecular flexibility index (Phi) is 11.1.